The van der Waals surface area contributed by atoms with Gasteiger partial charge in [0.05, 0.1) is 30.2 Å². The standard InChI is InChI=1S/C18H20N4O4S2/c1-13-2-3-14(10-16(13)28(24,25)22-4-7-26-8-5-22)19-17(23)11-15-12-21-6-9-27-18(21)20-15/h2-3,6,9-10,12H,4-5,7-8,11H2,1H3,(H,19,23). The van der Waals surface area contributed by atoms with Gasteiger partial charge in [-0.2, -0.15) is 4.31 Å². The molecule has 0 aliphatic carbocycles. The number of imidazole rings is 1. The number of aromatic nitrogens is 2. The van der Waals surface area contributed by atoms with Gasteiger partial charge in [-0.15, -0.1) is 11.3 Å². The van der Waals surface area contributed by atoms with Crippen LogP contribution in [0.4, 0.5) is 5.69 Å². The fraction of sp³-hybridized carbons (Fsp3) is 0.333. The quantitative estimate of drug-likeness (QED) is 0.681. The maximum absolute atomic E-state index is 13.0. The van der Waals surface area contributed by atoms with Gasteiger partial charge in [0.1, 0.15) is 0 Å². The number of hydrogen-bond acceptors (Lipinski definition) is 6. The smallest absolute Gasteiger partial charge is 0.243 e. The number of hydrogen-bond donors (Lipinski definition) is 1. The van der Waals surface area contributed by atoms with E-state index in [1.807, 2.05) is 22.2 Å². The first-order valence-corrected chi connectivity index (χ1v) is 11.1. The highest BCUT2D eigenvalue weighted by molar-refractivity contribution is 7.89. The lowest BCUT2D eigenvalue weighted by atomic mass is 10.2. The van der Waals surface area contributed by atoms with Crippen molar-refractivity contribution < 1.29 is 17.9 Å². The predicted octanol–water partition coefficient (Wildman–Crippen LogP) is 1.91. The van der Waals surface area contributed by atoms with Crippen LogP contribution in [0.5, 0.6) is 0 Å². The van der Waals surface area contributed by atoms with Crippen molar-refractivity contribution in [1.82, 2.24) is 13.7 Å². The zero-order valence-electron chi connectivity index (χ0n) is 15.3. The monoisotopic (exact) mass is 420 g/mol. The minimum Gasteiger partial charge on any atom is -0.379 e. The molecule has 1 N–H and O–H groups in total. The number of benzene rings is 1. The minimum atomic E-state index is -3.63. The average Bonchev–Trinajstić information content (AvgIpc) is 3.25. The van der Waals surface area contributed by atoms with E-state index in [-0.39, 0.29) is 17.2 Å². The molecule has 1 fully saturated rings. The molecule has 10 heteroatoms. The molecule has 1 aliphatic rings. The van der Waals surface area contributed by atoms with Crippen LogP contribution >= 0.6 is 11.3 Å². The lowest BCUT2D eigenvalue weighted by molar-refractivity contribution is -0.115. The molecule has 0 bridgehead atoms. The summed E-state index contributed by atoms with van der Waals surface area (Å²) in [5.74, 6) is -0.246. The number of thiazole rings is 1. The molecule has 2 aromatic heterocycles. The second kappa shape index (κ2) is 7.63. The van der Waals surface area contributed by atoms with E-state index in [4.69, 9.17) is 4.74 Å². The molecule has 1 saturated heterocycles. The van der Waals surface area contributed by atoms with E-state index in [1.54, 1.807) is 19.1 Å². The minimum absolute atomic E-state index is 0.119. The Bertz CT molecular complexity index is 1090. The number of fused-ring (bicyclic) bond motifs is 1. The van der Waals surface area contributed by atoms with Crippen molar-refractivity contribution in [2.75, 3.05) is 31.6 Å². The van der Waals surface area contributed by atoms with Crippen molar-refractivity contribution in [3.63, 3.8) is 0 Å². The topological polar surface area (TPSA) is 93.0 Å². The summed E-state index contributed by atoms with van der Waals surface area (Å²) >= 11 is 1.50. The Kier molecular flexibility index (Phi) is 5.19. The SMILES string of the molecule is Cc1ccc(NC(=O)Cc2cn3ccsc3n2)cc1S(=O)(=O)N1CCOCC1. The highest BCUT2D eigenvalue weighted by atomic mass is 32.2. The Balaban J connectivity index is 1.51. The fourth-order valence-electron chi connectivity index (χ4n) is 3.11. The van der Waals surface area contributed by atoms with Crippen molar-refractivity contribution in [2.45, 2.75) is 18.2 Å². The van der Waals surface area contributed by atoms with Crippen molar-refractivity contribution in [2.24, 2.45) is 0 Å². The zero-order valence-corrected chi connectivity index (χ0v) is 16.9. The van der Waals surface area contributed by atoms with Gasteiger partial charge in [-0.1, -0.05) is 6.07 Å². The van der Waals surface area contributed by atoms with Crippen LogP contribution in [-0.4, -0.2) is 54.3 Å². The second-order valence-corrected chi connectivity index (χ2v) is 9.33. The second-order valence-electron chi connectivity index (χ2n) is 6.55. The first-order chi connectivity index (χ1) is 13.4. The van der Waals surface area contributed by atoms with Gasteiger partial charge in [0, 0.05) is 36.6 Å². The summed E-state index contributed by atoms with van der Waals surface area (Å²) < 4.78 is 34.4. The van der Waals surface area contributed by atoms with Crippen LogP contribution in [0.3, 0.4) is 0 Å². The Morgan fingerprint density at radius 2 is 2.11 bits per heavy atom. The van der Waals surface area contributed by atoms with Gasteiger partial charge in [-0.25, -0.2) is 13.4 Å². The number of nitrogens with zero attached hydrogens (tertiary/aromatic N) is 3. The molecule has 0 unspecified atom stereocenters. The van der Waals surface area contributed by atoms with Crippen LogP contribution in [-0.2, 0) is 26.0 Å². The van der Waals surface area contributed by atoms with Gasteiger partial charge in [0.15, 0.2) is 4.96 Å². The van der Waals surface area contributed by atoms with Crippen molar-refractivity contribution in [1.29, 1.82) is 0 Å². The number of amides is 1. The van der Waals surface area contributed by atoms with E-state index in [1.165, 1.54) is 21.7 Å². The third kappa shape index (κ3) is 3.81. The Labute approximate surface area is 166 Å². The van der Waals surface area contributed by atoms with Crippen LogP contribution in [0.2, 0.25) is 0 Å². The van der Waals surface area contributed by atoms with Gasteiger partial charge in [0.2, 0.25) is 15.9 Å². The van der Waals surface area contributed by atoms with Crippen LogP contribution in [0.25, 0.3) is 4.96 Å². The van der Waals surface area contributed by atoms with Gasteiger partial charge >= 0.3 is 0 Å². The van der Waals surface area contributed by atoms with E-state index >= 15 is 0 Å². The molecule has 4 rings (SSSR count). The molecular formula is C18H20N4O4S2. The number of nitrogens with one attached hydrogen (secondary N) is 1. The van der Waals surface area contributed by atoms with Crippen LogP contribution in [0.1, 0.15) is 11.3 Å². The fourth-order valence-corrected chi connectivity index (χ4v) is 5.49. The maximum atomic E-state index is 13.0. The number of morpholine rings is 1. The third-order valence-corrected chi connectivity index (χ3v) is 7.36. The number of sulfonamides is 1. The summed E-state index contributed by atoms with van der Waals surface area (Å²) in [7, 11) is -3.63. The number of rotatable bonds is 5. The lowest BCUT2D eigenvalue weighted by Crippen LogP contribution is -2.40. The maximum Gasteiger partial charge on any atom is 0.243 e. The van der Waals surface area contributed by atoms with Crippen LogP contribution < -0.4 is 5.32 Å². The van der Waals surface area contributed by atoms with Crippen molar-refractivity contribution in [3.8, 4) is 0 Å². The number of carbonyl (C=O) groups is 1. The molecule has 3 heterocycles. The molecule has 28 heavy (non-hydrogen) atoms. The third-order valence-electron chi connectivity index (χ3n) is 4.54. The molecule has 0 radical (unpaired) electrons. The Hall–Kier alpha value is -2.27. The number of anilines is 1. The van der Waals surface area contributed by atoms with E-state index in [2.05, 4.69) is 10.3 Å². The summed E-state index contributed by atoms with van der Waals surface area (Å²) in [6, 6.07) is 4.93. The molecule has 3 aromatic rings. The van der Waals surface area contributed by atoms with E-state index in [9.17, 15) is 13.2 Å². The molecular weight excluding hydrogens is 400 g/mol. The average molecular weight is 421 g/mol. The van der Waals surface area contributed by atoms with Gasteiger partial charge in [-0.05, 0) is 24.6 Å². The molecule has 0 spiro atoms. The summed E-state index contributed by atoms with van der Waals surface area (Å²) in [4.78, 5) is 17.8. The molecule has 1 aliphatic heterocycles. The van der Waals surface area contributed by atoms with Gasteiger partial charge in [0.25, 0.3) is 0 Å². The first kappa shape index (κ1) is 19.1. The Morgan fingerprint density at radius 1 is 1.32 bits per heavy atom. The molecule has 148 valence electrons. The van der Waals surface area contributed by atoms with Crippen LogP contribution in [0, 0.1) is 6.92 Å². The first-order valence-electron chi connectivity index (χ1n) is 8.83. The largest absolute Gasteiger partial charge is 0.379 e. The summed E-state index contributed by atoms with van der Waals surface area (Å²) in [5, 5.41) is 4.70. The number of carbonyl (C=O) groups excluding carboxylic acids is 1. The van der Waals surface area contributed by atoms with Gasteiger partial charge < -0.3 is 10.1 Å². The van der Waals surface area contributed by atoms with Crippen LogP contribution in [0.15, 0.2) is 40.9 Å². The molecule has 1 amide bonds. The molecule has 1 aromatic carbocycles. The van der Waals surface area contributed by atoms with E-state index in [0.717, 1.165) is 4.96 Å². The number of ether oxygens (including phenoxy) is 1. The molecule has 0 saturated carbocycles. The van der Waals surface area contributed by atoms with Crippen molar-refractivity contribution in [3.05, 3.63) is 47.2 Å². The number of aryl methyl sites for hydroxylation is 1. The van der Waals surface area contributed by atoms with E-state index < -0.39 is 10.0 Å². The van der Waals surface area contributed by atoms with E-state index in [0.29, 0.717) is 43.2 Å². The lowest BCUT2D eigenvalue weighted by Gasteiger charge is -2.26. The highest BCUT2D eigenvalue weighted by Crippen LogP contribution is 2.24. The Morgan fingerprint density at radius 3 is 2.86 bits per heavy atom. The summed E-state index contributed by atoms with van der Waals surface area (Å²) in [6.07, 6.45) is 3.82. The highest BCUT2D eigenvalue weighted by Gasteiger charge is 2.28. The molecule has 0 atom stereocenters. The summed E-state index contributed by atoms with van der Waals surface area (Å²) in [5.41, 5.74) is 1.75. The predicted molar refractivity (Wildman–Crippen MR) is 106 cm³/mol. The van der Waals surface area contributed by atoms with Crippen molar-refractivity contribution >= 4 is 37.9 Å². The van der Waals surface area contributed by atoms with Gasteiger partial charge in [-0.3, -0.25) is 9.20 Å². The molecule has 8 nitrogen and oxygen atoms in total. The zero-order chi connectivity index (χ0) is 19.7. The normalized spacial score (nSPS) is 15.8. The summed E-state index contributed by atoms with van der Waals surface area (Å²) in [6.45, 7) is 3.18.